The van der Waals surface area contributed by atoms with Gasteiger partial charge in [0.2, 0.25) is 0 Å². The van der Waals surface area contributed by atoms with E-state index in [1.54, 1.807) is 43.1 Å². The second kappa shape index (κ2) is 26.9. The Morgan fingerprint density at radius 2 is 0.529 bits per heavy atom. The molecule has 0 bridgehead atoms. The van der Waals surface area contributed by atoms with Crippen molar-refractivity contribution in [3.05, 3.63) is 0 Å². The Morgan fingerprint density at radius 1 is 0.265 bits per heavy atom. The zero-order valence-electron chi connectivity index (χ0n) is 26.0. The monoisotopic (exact) mass is 521 g/mol. The molecule has 0 spiro atoms. The summed E-state index contributed by atoms with van der Waals surface area (Å²) in [6, 6.07) is 0. The summed E-state index contributed by atoms with van der Waals surface area (Å²) in [5.74, 6) is 0. The van der Waals surface area contributed by atoms with Crippen molar-refractivity contribution in [1.29, 1.82) is 0 Å². The molecule has 212 valence electrons. The van der Waals surface area contributed by atoms with E-state index in [4.69, 9.17) is 0 Å². The first-order chi connectivity index (χ1) is 16.5. The zero-order chi connectivity index (χ0) is 26.0. The average molecular weight is 521 g/mol. The summed E-state index contributed by atoms with van der Waals surface area (Å²) in [5, 5.41) is 0. The molecule has 0 unspecified atom stereocenters. The maximum absolute atomic E-state index is 2.47. The molecule has 0 atom stereocenters. The van der Waals surface area contributed by atoms with Gasteiger partial charge in [-0.15, -0.1) is 0 Å². The normalized spacial score (nSPS) is 12.9. The van der Waals surface area contributed by atoms with Gasteiger partial charge in [0.25, 0.3) is 0 Å². The van der Waals surface area contributed by atoms with Gasteiger partial charge in [0.15, 0.2) is 0 Å². The second-order valence-electron chi connectivity index (χ2n) is 11.8. The summed E-state index contributed by atoms with van der Waals surface area (Å²) in [6.45, 7) is 18.9. The Bertz CT molecular complexity index is 336. The topological polar surface area (TPSA) is 0 Å². The Hall–Kier alpha value is 0.860. The van der Waals surface area contributed by atoms with Crippen LogP contribution in [0.15, 0.2) is 0 Å². The molecule has 0 aliphatic rings. The fourth-order valence-electron chi connectivity index (χ4n) is 5.89. The van der Waals surface area contributed by atoms with Gasteiger partial charge in [-0.05, 0) is 0 Å². The number of rotatable bonds is 24. The van der Waals surface area contributed by atoms with Crippen LogP contribution in [0, 0.1) is 0 Å². The van der Waals surface area contributed by atoms with Crippen molar-refractivity contribution >= 4 is 14.5 Å². The van der Waals surface area contributed by atoms with Gasteiger partial charge in [0, 0.05) is 0 Å². The number of hydrogen-bond donors (Lipinski definition) is 0. The SMILES string of the molecule is CCCCCC[PH](CCCC)(CCCC)CCCC.CCCC[PH](CC)(CCCC)CCCC. The first kappa shape index (κ1) is 37.0. The predicted molar refractivity (Wildman–Crippen MR) is 175 cm³/mol. The van der Waals surface area contributed by atoms with Crippen LogP contribution in [-0.4, -0.2) is 49.3 Å². The first-order valence-electron chi connectivity index (χ1n) is 16.5. The Balaban J connectivity index is 0. The molecule has 0 fully saturated rings. The zero-order valence-corrected chi connectivity index (χ0v) is 28.0. The third kappa shape index (κ3) is 20.0. The van der Waals surface area contributed by atoms with Crippen LogP contribution >= 0.6 is 14.5 Å². The van der Waals surface area contributed by atoms with Gasteiger partial charge in [-0.2, -0.15) is 0 Å². The molecular weight excluding hydrogens is 446 g/mol. The third-order valence-electron chi connectivity index (χ3n) is 8.67. The number of hydrogen-bond acceptors (Lipinski definition) is 0. The van der Waals surface area contributed by atoms with Crippen molar-refractivity contribution in [2.24, 2.45) is 0 Å². The molecule has 0 heterocycles. The van der Waals surface area contributed by atoms with Crippen LogP contribution in [0.5, 0.6) is 0 Å². The molecule has 0 aliphatic heterocycles. The Morgan fingerprint density at radius 3 is 0.794 bits per heavy atom. The Labute approximate surface area is 221 Å². The molecule has 0 saturated heterocycles. The van der Waals surface area contributed by atoms with Crippen LogP contribution in [0.25, 0.3) is 0 Å². The van der Waals surface area contributed by atoms with E-state index in [2.05, 4.69) is 55.4 Å². The molecule has 0 N–H and O–H groups in total. The second-order valence-corrected chi connectivity index (χ2v) is 22.0. The maximum atomic E-state index is 2.47. The first-order valence-corrected chi connectivity index (χ1v) is 22.1. The summed E-state index contributed by atoms with van der Waals surface area (Å²) < 4.78 is 0. The molecule has 0 rings (SSSR count). The van der Waals surface area contributed by atoms with Crippen molar-refractivity contribution < 1.29 is 0 Å². The van der Waals surface area contributed by atoms with Crippen LogP contribution in [0.3, 0.4) is 0 Å². The van der Waals surface area contributed by atoms with E-state index < -0.39 is 14.5 Å². The minimum atomic E-state index is -0.908. The van der Waals surface area contributed by atoms with Crippen molar-refractivity contribution in [3.63, 3.8) is 0 Å². The molecule has 0 aromatic carbocycles. The molecule has 0 aromatic rings. The molecule has 0 aliphatic carbocycles. The van der Waals surface area contributed by atoms with Crippen molar-refractivity contribution in [2.45, 2.75) is 158 Å². The predicted octanol–water partition coefficient (Wildman–Crippen LogP) is 11.9. The summed E-state index contributed by atoms with van der Waals surface area (Å²) in [5.41, 5.74) is 0. The van der Waals surface area contributed by atoms with Crippen LogP contribution in [-0.2, 0) is 0 Å². The molecule has 0 amide bonds. The summed E-state index contributed by atoms with van der Waals surface area (Å²) in [6.07, 6.45) is 36.2. The van der Waals surface area contributed by atoms with E-state index in [1.165, 1.54) is 109 Å². The number of unbranched alkanes of at least 4 members (excludes halogenated alkanes) is 9. The Kier molecular flexibility index (Phi) is 29.3. The van der Waals surface area contributed by atoms with Gasteiger partial charge < -0.3 is 0 Å². The van der Waals surface area contributed by atoms with Crippen LogP contribution in [0.4, 0.5) is 0 Å². The van der Waals surface area contributed by atoms with E-state index in [1.807, 2.05) is 0 Å². The van der Waals surface area contributed by atoms with E-state index in [0.29, 0.717) is 0 Å². The summed E-state index contributed by atoms with van der Waals surface area (Å²) >= 11 is 0. The van der Waals surface area contributed by atoms with Crippen molar-refractivity contribution in [2.75, 3.05) is 49.3 Å². The fourth-order valence-corrected chi connectivity index (χ4v) is 16.8. The van der Waals surface area contributed by atoms with E-state index in [0.717, 1.165) is 0 Å². The molecule has 0 nitrogen and oxygen atoms in total. The summed E-state index contributed by atoms with van der Waals surface area (Å²) in [4.78, 5) is 0. The van der Waals surface area contributed by atoms with Gasteiger partial charge in [-0.3, -0.25) is 0 Å². The van der Waals surface area contributed by atoms with E-state index >= 15 is 0 Å². The third-order valence-corrected chi connectivity index (χ3v) is 20.1. The van der Waals surface area contributed by atoms with Gasteiger partial charge in [-0.1, -0.05) is 0 Å². The van der Waals surface area contributed by atoms with E-state index in [-0.39, 0.29) is 0 Å². The van der Waals surface area contributed by atoms with E-state index in [9.17, 15) is 0 Å². The van der Waals surface area contributed by atoms with Crippen LogP contribution < -0.4 is 0 Å². The molecule has 2 heteroatoms. The average Bonchev–Trinajstić information content (AvgIpc) is 2.87. The molecule has 34 heavy (non-hydrogen) atoms. The van der Waals surface area contributed by atoms with Gasteiger partial charge in [0.05, 0.1) is 0 Å². The van der Waals surface area contributed by atoms with Crippen LogP contribution in [0.2, 0.25) is 0 Å². The van der Waals surface area contributed by atoms with Crippen molar-refractivity contribution in [3.8, 4) is 0 Å². The quantitative estimate of drug-likeness (QED) is 0.0876. The molecule has 0 radical (unpaired) electrons. The van der Waals surface area contributed by atoms with Gasteiger partial charge in [-0.25, -0.2) is 0 Å². The molecule has 0 saturated carbocycles. The van der Waals surface area contributed by atoms with Gasteiger partial charge >= 0.3 is 222 Å². The fraction of sp³-hybridized carbons (Fsp3) is 1.00. The van der Waals surface area contributed by atoms with Crippen molar-refractivity contribution in [1.82, 2.24) is 0 Å². The minimum absolute atomic E-state index is 0.832. The van der Waals surface area contributed by atoms with Crippen LogP contribution in [0.1, 0.15) is 158 Å². The van der Waals surface area contributed by atoms with Gasteiger partial charge in [0.1, 0.15) is 0 Å². The summed E-state index contributed by atoms with van der Waals surface area (Å²) in [7, 11) is -1.74. The standard InChI is InChI=1S/C18H41P.C14H33P/c1-5-9-13-14-18-19(15-10-6-2,16-11-7-3)17-12-8-4;1-5-9-12-15(8-4,13-10-6-2)14-11-7-3/h19H,5-18H2,1-4H3;15H,5-14H2,1-4H3. The molecule has 0 aromatic heterocycles. The molecular formula is C32H74P2.